The van der Waals surface area contributed by atoms with E-state index in [-0.39, 0.29) is 41.5 Å². The molecule has 4 atom stereocenters. The molecule has 0 unspecified atom stereocenters. The first kappa shape index (κ1) is 31.1. The molecule has 2 aliphatic carbocycles. The molecule has 1 fully saturated rings. The van der Waals surface area contributed by atoms with E-state index >= 15 is 0 Å². The van der Waals surface area contributed by atoms with Gasteiger partial charge < -0.3 is 23.9 Å². The van der Waals surface area contributed by atoms with Crippen molar-refractivity contribution in [2.45, 2.75) is 68.0 Å². The number of carbonyl (C=O) groups excluding carboxylic acids is 2. The summed E-state index contributed by atoms with van der Waals surface area (Å²) in [6.07, 6.45) is 8.90. The lowest BCUT2D eigenvalue weighted by molar-refractivity contribution is -0.139. The summed E-state index contributed by atoms with van der Waals surface area (Å²) in [4.78, 5) is 26.6. The summed E-state index contributed by atoms with van der Waals surface area (Å²) in [6, 6.07) is 10.9. The van der Waals surface area contributed by atoms with Gasteiger partial charge in [-0.25, -0.2) is 13.1 Å². The van der Waals surface area contributed by atoms with Crippen LogP contribution in [0.4, 0.5) is 5.69 Å². The highest BCUT2D eigenvalue weighted by Gasteiger charge is 2.45. The highest BCUT2D eigenvalue weighted by Crippen LogP contribution is 2.47. The second-order valence-electron chi connectivity index (χ2n) is 12.9. The van der Waals surface area contributed by atoms with Crippen LogP contribution in [0, 0.1) is 11.8 Å². The normalized spacial score (nSPS) is 30.0. The number of fused-ring (bicyclic) bond motifs is 4. The molecule has 6 rings (SSSR count). The van der Waals surface area contributed by atoms with E-state index in [0.717, 1.165) is 38.4 Å². The van der Waals surface area contributed by atoms with E-state index in [1.165, 1.54) is 31.0 Å². The Kier molecular flexibility index (Phi) is 8.56. The molecular formula is C33H39ClN2O7S. The summed E-state index contributed by atoms with van der Waals surface area (Å²) in [5.74, 6) is 0.217. The summed E-state index contributed by atoms with van der Waals surface area (Å²) < 4.78 is 47.5. The lowest BCUT2D eigenvalue weighted by Crippen LogP contribution is -2.50. The minimum atomic E-state index is -4.21. The molecule has 0 radical (unpaired) electrons. The van der Waals surface area contributed by atoms with Crippen LogP contribution in [0.2, 0.25) is 5.02 Å². The van der Waals surface area contributed by atoms with Crippen molar-refractivity contribution in [1.29, 1.82) is 0 Å². The third-order valence-corrected chi connectivity index (χ3v) is 11.2. The average molecular weight is 643 g/mol. The number of aldehydes is 1. The van der Waals surface area contributed by atoms with Crippen molar-refractivity contribution in [3.8, 4) is 5.75 Å². The lowest BCUT2D eigenvalue weighted by atomic mass is 9.68. The standard InChI is InChI=1S/C33H39ClN2O7S/c1-32(2)31(38)35-44(39,40)25-9-12-30-28(18-25)36(19-23-7-10-26(23)29(41-16-14-37)6-4-15-43-32)20-33(21-42-30)13-3-5-22-17-24(34)8-11-27(22)33/h4,6,8-9,11-12,14,17-18,23,26,29H,3,5,7,10,13,15-16,19-21H2,1-2H3,(H,35,38)/b6-4-/t23-,26+,29-,33-/m0/s1. The Balaban J connectivity index is 1.44. The molecule has 1 spiro atoms. The minimum absolute atomic E-state index is 0.0168. The van der Waals surface area contributed by atoms with Gasteiger partial charge in [0.25, 0.3) is 15.9 Å². The first-order valence-electron chi connectivity index (χ1n) is 15.3. The molecule has 2 bridgehead atoms. The second-order valence-corrected chi connectivity index (χ2v) is 15.0. The maximum atomic E-state index is 13.5. The lowest BCUT2D eigenvalue weighted by Gasteiger charge is -2.46. The van der Waals surface area contributed by atoms with E-state index < -0.39 is 21.5 Å². The number of hydrogen-bond donors (Lipinski definition) is 1. The number of amides is 1. The molecule has 4 aliphatic rings. The van der Waals surface area contributed by atoms with E-state index in [2.05, 4.69) is 15.7 Å². The number of aryl methyl sites for hydroxylation is 1. The summed E-state index contributed by atoms with van der Waals surface area (Å²) in [7, 11) is -4.21. The molecule has 2 heterocycles. The van der Waals surface area contributed by atoms with Gasteiger partial charge in [-0.05, 0) is 99.2 Å². The van der Waals surface area contributed by atoms with Gasteiger partial charge in [-0.2, -0.15) is 0 Å². The third-order valence-electron chi connectivity index (χ3n) is 9.67. The summed E-state index contributed by atoms with van der Waals surface area (Å²) in [5, 5.41) is 0.709. The van der Waals surface area contributed by atoms with Crippen LogP contribution in [0.15, 0.2) is 53.4 Å². The zero-order valence-electron chi connectivity index (χ0n) is 25.1. The number of ether oxygens (including phenoxy) is 3. The molecule has 0 aromatic heterocycles. The predicted octanol–water partition coefficient (Wildman–Crippen LogP) is 4.59. The molecule has 1 saturated carbocycles. The van der Waals surface area contributed by atoms with Crippen LogP contribution >= 0.6 is 11.6 Å². The molecule has 9 nitrogen and oxygen atoms in total. The van der Waals surface area contributed by atoms with Crippen molar-refractivity contribution in [1.82, 2.24) is 4.72 Å². The van der Waals surface area contributed by atoms with Gasteiger partial charge in [-0.15, -0.1) is 0 Å². The largest absolute Gasteiger partial charge is 0.490 e. The summed E-state index contributed by atoms with van der Waals surface area (Å²) in [6.45, 7) is 4.84. The fraction of sp³-hybridized carbons (Fsp3) is 0.515. The highest BCUT2D eigenvalue weighted by atomic mass is 35.5. The molecule has 1 amide bonds. The van der Waals surface area contributed by atoms with Crippen molar-refractivity contribution in [2.75, 3.05) is 37.8 Å². The van der Waals surface area contributed by atoms with E-state index in [9.17, 15) is 18.0 Å². The molecular weight excluding hydrogens is 604 g/mol. The molecule has 2 aliphatic heterocycles. The number of halogens is 1. The van der Waals surface area contributed by atoms with Crippen molar-refractivity contribution in [3.63, 3.8) is 0 Å². The van der Waals surface area contributed by atoms with E-state index in [4.69, 9.17) is 25.8 Å². The molecule has 44 heavy (non-hydrogen) atoms. The van der Waals surface area contributed by atoms with Crippen LogP contribution in [0.5, 0.6) is 5.75 Å². The fourth-order valence-corrected chi connectivity index (χ4v) is 8.40. The zero-order valence-corrected chi connectivity index (χ0v) is 26.7. The van der Waals surface area contributed by atoms with Gasteiger partial charge in [-0.3, -0.25) is 4.79 Å². The van der Waals surface area contributed by atoms with Crippen LogP contribution in [-0.2, 0) is 40.9 Å². The molecule has 236 valence electrons. The van der Waals surface area contributed by atoms with Gasteiger partial charge in [-0.1, -0.05) is 29.8 Å². The van der Waals surface area contributed by atoms with E-state index in [1.807, 2.05) is 18.2 Å². The number of rotatable bonds is 3. The van der Waals surface area contributed by atoms with Gasteiger partial charge in [0.2, 0.25) is 0 Å². The number of nitrogens with zero attached hydrogens (tertiary/aromatic N) is 1. The monoisotopic (exact) mass is 642 g/mol. The second kappa shape index (κ2) is 12.1. The number of sulfonamides is 1. The minimum Gasteiger partial charge on any atom is -0.490 e. The number of anilines is 1. The van der Waals surface area contributed by atoms with Crippen LogP contribution in [0.1, 0.15) is 50.7 Å². The van der Waals surface area contributed by atoms with E-state index in [0.29, 0.717) is 36.2 Å². The van der Waals surface area contributed by atoms with Crippen LogP contribution in [0.3, 0.4) is 0 Å². The molecule has 0 saturated heterocycles. The maximum Gasteiger partial charge on any atom is 0.265 e. The Bertz CT molecular complexity index is 1580. The first-order chi connectivity index (χ1) is 21.0. The summed E-state index contributed by atoms with van der Waals surface area (Å²) in [5.41, 5.74) is 1.37. The maximum absolute atomic E-state index is 13.5. The zero-order chi connectivity index (χ0) is 31.1. The smallest absolute Gasteiger partial charge is 0.265 e. The predicted molar refractivity (Wildman–Crippen MR) is 167 cm³/mol. The summed E-state index contributed by atoms with van der Waals surface area (Å²) >= 11 is 6.39. The number of carbonyl (C=O) groups is 2. The third kappa shape index (κ3) is 6.01. The van der Waals surface area contributed by atoms with Crippen LogP contribution < -0.4 is 14.4 Å². The number of benzene rings is 2. The van der Waals surface area contributed by atoms with E-state index in [1.54, 1.807) is 18.2 Å². The van der Waals surface area contributed by atoms with Gasteiger partial charge in [0, 0.05) is 23.5 Å². The van der Waals surface area contributed by atoms with Crippen LogP contribution in [-0.4, -0.2) is 65.2 Å². The van der Waals surface area contributed by atoms with Gasteiger partial charge in [0.1, 0.15) is 24.2 Å². The van der Waals surface area contributed by atoms with Gasteiger partial charge in [0.05, 0.1) is 29.9 Å². The number of hydrogen-bond acceptors (Lipinski definition) is 8. The fourth-order valence-electron chi connectivity index (χ4n) is 7.09. The van der Waals surface area contributed by atoms with Crippen molar-refractivity contribution in [2.24, 2.45) is 11.8 Å². The Morgan fingerprint density at radius 3 is 2.80 bits per heavy atom. The SMILES string of the molecule is CC1(C)OC/C=C\[C@H](OCC=O)[C@@H]2CC[C@H]2CN2C[C@@]3(CCCc4cc(Cl)ccc43)COc3ccc(cc32)S(=O)(=O)NC1=O. The van der Waals surface area contributed by atoms with Crippen LogP contribution in [0.25, 0.3) is 0 Å². The number of nitrogens with one attached hydrogen (secondary N) is 1. The van der Waals surface area contributed by atoms with Gasteiger partial charge in [0.15, 0.2) is 0 Å². The molecule has 2 aromatic rings. The Hall–Kier alpha value is -2.92. The Morgan fingerprint density at radius 1 is 1.18 bits per heavy atom. The molecule has 2 aromatic carbocycles. The highest BCUT2D eigenvalue weighted by molar-refractivity contribution is 7.90. The first-order valence-corrected chi connectivity index (χ1v) is 17.1. The van der Waals surface area contributed by atoms with Crippen molar-refractivity contribution >= 4 is 39.5 Å². The van der Waals surface area contributed by atoms with Crippen molar-refractivity contribution < 1.29 is 32.2 Å². The average Bonchev–Trinajstić information content (AvgIpc) is 3.12. The Morgan fingerprint density at radius 2 is 2.02 bits per heavy atom. The van der Waals surface area contributed by atoms with Gasteiger partial charge >= 0.3 is 0 Å². The van der Waals surface area contributed by atoms with Crippen molar-refractivity contribution in [3.05, 3.63) is 64.7 Å². The molecule has 1 N–H and O–H groups in total. The molecule has 11 heteroatoms. The Labute approximate surface area is 263 Å². The quantitative estimate of drug-likeness (QED) is 0.382. The topological polar surface area (TPSA) is 111 Å².